The van der Waals surface area contributed by atoms with E-state index in [0.717, 1.165) is 30.7 Å². The Balaban J connectivity index is 1.79. The van der Waals surface area contributed by atoms with E-state index < -0.39 is 18.0 Å². The van der Waals surface area contributed by atoms with Crippen molar-refractivity contribution >= 4 is 17.6 Å². The zero-order valence-electron chi connectivity index (χ0n) is 14.8. The number of urea groups is 1. The second-order valence-electron chi connectivity index (χ2n) is 6.14. The van der Waals surface area contributed by atoms with Gasteiger partial charge in [-0.25, -0.2) is 4.79 Å². The van der Waals surface area contributed by atoms with E-state index in [2.05, 4.69) is 16.0 Å². The van der Waals surface area contributed by atoms with Crippen molar-refractivity contribution in [3.05, 3.63) is 29.8 Å². The van der Waals surface area contributed by atoms with Gasteiger partial charge < -0.3 is 20.1 Å². The summed E-state index contributed by atoms with van der Waals surface area (Å²) in [6.45, 7) is 3.61. The minimum Gasteiger partial charge on any atom is -0.376 e. The zero-order chi connectivity index (χ0) is 18.1. The molecule has 138 valence electrons. The first-order chi connectivity index (χ1) is 12.1. The van der Waals surface area contributed by atoms with E-state index in [1.54, 1.807) is 6.92 Å². The molecule has 0 spiro atoms. The molecule has 25 heavy (non-hydrogen) atoms. The lowest BCUT2D eigenvalue weighted by Gasteiger charge is -2.22. The van der Waals surface area contributed by atoms with Gasteiger partial charge in [-0.15, -0.1) is 0 Å². The first-order valence-corrected chi connectivity index (χ1v) is 8.66. The van der Waals surface area contributed by atoms with E-state index >= 15 is 0 Å². The standard InChI is InChI=1S/C18H27N3O4/c1-13(17(22)21-18(23)19-2)20-15-7-5-6-14(10-15)11-24-12-16-8-3-4-9-25-16/h5-7,10,13,16,20H,3-4,8-9,11-12H2,1-2H3,(H2,19,21,22,23)/t13-,16+/m1/s1. The number of carbonyl (C=O) groups excluding carboxylic acids is 2. The summed E-state index contributed by atoms with van der Waals surface area (Å²) in [5.41, 5.74) is 1.81. The first kappa shape index (κ1) is 19.2. The van der Waals surface area contributed by atoms with Gasteiger partial charge in [0.2, 0.25) is 5.91 Å². The minimum atomic E-state index is -0.538. The lowest BCUT2D eigenvalue weighted by Crippen LogP contribution is -2.44. The summed E-state index contributed by atoms with van der Waals surface area (Å²) in [6.07, 6.45) is 3.59. The highest BCUT2D eigenvalue weighted by molar-refractivity contribution is 5.97. The Kier molecular flexibility index (Phi) is 7.69. The number of benzene rings is 1. The van der Waals surface area contributed by atoms with Crippen molar-refractivity contribution in [3.8, 4) is 0 Å². The summed E-state index contributed by atoms with van der Waals surface area (Å²) in [7, 11) is 1.46. The summed E-state index contributed by atoms with van der Waals surface area (Å²) in [6, 6.07) is 6.63. The van der Waals surface area contributed by atoms with E-state index in [-0.39, 0.29) is 6.10 Å². The fourth-order valence-corrected chi connectivity index (χ4v) is 2.60. The number of carbonyl (C=O) groups is 2. The van der Waals surface area contributed by atoms with E-state index in [4.69, 9.17) is 9.47 Å². The van der Waals surface area contributed by atoms with Crippen LogP contribution in [0.25, 0.3) is 0 Å². The maximum Gasteiger partial charge on any atom is 0.321 e. The minimum absolute atomic E-state index is 0.198. The van der Waals surface area contributed by atoms with Crippen LogP contribution in [0.4, 0.5) is 10.5 Å². The van der Waals surface area contributed by atoms with Crippen molar-refractivity contribution in [2.24, 2.45) is 0 Å². The van der Waals surface area contributed by atoms with Gasteiger partial charge in [-0.1, -0.05) is 12.1 Å². The molecule has 0 radical (unpaired) electrons. The van der Waals surface area contributed by atoms with Gasteiger partial charge in [-0.2, -0.15) is 0 Å². The lowest BCUT2D eigenvalue weighted by molar-refractivity contribution is -0.120. The third-order valence-electron chi connectivity index (χ3n) is 4.01. The number of nitrogens with one attached hydrogen (secondary N) is 3. The summed E-state index contributed by atoms with van der Waals surface area (Å²) in [5, 5.41) is 7.67. The molecular formula is C18H27N3O4. The van der Waals surface area contributed by atoms with Crippen LogP contribution in [0.1, 0.15) is 31.7 Å². The Morgan fingerprint density at radius 2 is 2.20 bits per heavy atom. The largest absolute Gasteiger partial charge is 0.376 e. The molecule has 7 heteroatoms. The molecule has 1 saturated heterocycles. The summed E-state index contributed by atoms with van der Waals surface area (Å²) < 4.78 is 11.4. The van der Waals surface area contributed by atoms with Crippen LogP contribution in [-0.4, -0.2) is 44.3 Å². The van der Waals surface area contributed by atoms with Crippen LogP contribution in [0.5, 0.6) is 0 Å². The molecule has 3 amide bonds. The Bertz CT molecular complexity index is 573. The predicted molar refractivity (Wildman–Crippen MR) is 95.4 cm³/mol. The van der Waals surface area contributed by atoms with Crippen LogP contribution in [0, 0.1) is 0 Å². The van der Waals surface area contributed by atoms with E-state index in [0.29, 0.717) is 13.2 Å². The molecule has 1 aromatic rings. The molecule has 1 aliphatic rings. The second kappa shape index (κ2) is 10.0. The molecule has 0 saturated carbocycles. The van der Waals surface area contributed by atoms with Crippen molar-refractivity contribution in [3.63, 3.8) is 0 Å². The highest BCUT2D eigenvalue weighted by Gasteiger charge is 2.15. The summed E-state index contributed by atoms with van der Waals surface area (Å²) in [4.78, 5) is 23.1. The van der Waals surface area contributed by atoms with Gasteiger partial charge in [0.05, 0.1) is 19.3 Å². The molecular weight excluding hydrogens is 322 g/mol. The average Bonchev–Trinajstić information content (AvgIpc) is 2.62. The van der Waals surface area contributed by atoms with Crippen LogP contribution < -0.4 is 16.0 Å². The van der Waals surface area contributed by atoms with E-state index in [9.17, 15) is 9.59 Å². The fourth-order valence-electron chi connectivity index (χ4n) is 2.60. The molecule has 0 unspecified atom stereocenters. The number of hydrogen-bond donors (Lipinski definition) is 3. The third kappa shape index (κ3) is 6.72. The van der Waals surface area contributed by atoms with E-state index in [1.165, 1.54) is 13.5 Å². The maximum atomic E-state index is 11.9. The smallest absolute Gasteiger partial charge is 0.321 e. The molecule has 2 rings (SSSR count). The number of hydrogen-bond acceptors (Lipinski definition) is 5. The summed E-state index contributed by atoms with van der Waals surface area (Å²) >= 11 is 0. The number of anilines is 1. The van der Waals surface area contributed by atoms with Crippen LogP contribution >= 0.6 is 0 Å². The van der Waals surface area contributed by atoms with Crippen molar-refractivity contribution in [1.29, 1.82) is 0 Å². The van der Waals surface area contributed by atoms with Crippen LogP contribution in [0.3, 0.4) is 0 Å². The molecule has 1 aliphatic heterocycles. The molecule has 0 aromatic heterocycles. The monoisotopic (exact) mass is 349 g/mol. The molecule has 2 atom stereocenters. The number of ether oxygens (including phenoxy) is 2. The van der Waals surface area contributed by atoms with Crippen molar-refractivity contribution < 1.29 is 19.1 Å². The zero-order valence-corrected chi connectivity index (χ0v) is 14.8. The van der Waals surface area contributed by atoms with E-state index in [1.807, 2.05) is 24.3 Å². The number of amides is 3. The number of imide groups is 1. The topological polar surface area (TPSA) is 88.7 Å². The quantitative estimate of drug-likeness (QED) is 0.701. The van der Waals surface area contributed by atoms with Crippen molar-refractivity contribution in [1.82, 2.24) is 10.6 Å². The molecule has 1 aromatic carbocycles. The normalized spacial score (nSPS) is 18.2. The van der Waals surface area contributed by atoms with Crippen LogP contribution in [0.2, 0.25) is 0 Å². The summed E-state index contributed by atoms with van der Waals surface area (Å²) in [5.74, 6) is -0.393. The van der Waals surface area contributed by atoms with Crippen molar-refractivity contribution in [2.45, 2.75) is 44.9 Å². The highest BCUT2D eigenvalue weighted by atomic mass is 16.5. The average molecular weight is 349 g/mol. The lowest BCUT2D eigenvalue weighted by atomic mass is 10.1. The molecule has 0 aliphatic carbocycles. The molecule has 0 bridgehead atoms. The Morgan fingerprint density at radius 3 is 2.92 bits per heavy atom. The third-order valence-corrected chi connectivity index (χ3v) is 4.01. The first-order valence-electron chi connectivity index (χ1n) is 8.66. The van der Waals surface area contributed by atoms with Gasteiger partial charge in [0, 0.05) is 19.3 Å². The maximum absolute atomic E-state index is 11.9. The molecule has 1 heterocycles. The Hall–Kier alpha value is -2.12. The van der Waals surface area contributed by atoms with Gasteiger partial charge >= 0.3 is 6.03 Å². The van der Waals surface area contributed by atoms with Crippen molar-refractivity contribution in [2.75, 3.05) is 25.6 Å². The van der Waals surface area contributed by atoms with Crippen LogP contribution in [0.15, 0.2) is 24.3 Å². The van der Waals surface area contributed by atoms with Gasteiger partial charge in [0.25, 0.3) is 0 Å². The predicted octanol–water partition coefficient (Wildman–Crippen LogP) is 2.03. The number of rotatable bonds is 7. The fraction of sp³-hybridized carbons (Fsp3) is 0.556. The van der Waals surface area contributed by atoms with Gasteiger partial charge in [0.1, 0.15) is 6.04 Å². The SMILES string of the molecule is CNC(=O)NC(=O)[C@@H](C)Nc1cccc(COC[C@@H]2CCCCO2)c1. The molecule has 7 nitrogen and oxygen atoms in total. The Labute approximate surface area is 148 Å². The van der Waals surface area contributed by atoms with Crippen LogP contribution in [-0.2, 0) is 20.9 Å². The van der Waals surface area contributed by atoms with Gasteiger partial charge in [-0.3, -0.25) is 10.1 Å². The molecule has 1 fully saturated rings. The molecule has 3 N–H and O–H groups in total. The second-order valence-corrected chi connectivity index (χ2v) is 6.14. The van der Waals surface area contributed by atoms with Gasteiger partial charge in [-0.05, 0) is 43.9 Å². The Morgan fingerprint density at radius 1 is 1.36 bits per heavy atom. The van der Waals surface area contributed by atoms with Gasteiger partial charge in [0.15, 0.2) is 0 Å². The highest BCUT2D eigenvalue weighted by Crippen LogP contribution is 2.15.